The number of carbonyl (C=O) groups is 1. The van der Waals surface area contributed by atoms with Crippen molar-refractivity contribution in [2.45, 2.75) is 12.8 Å². The van der Waals surface area contributed by atoms with Crippen LogP contribution in [0.3, 0.4) is 0 Å². The summed E-state index contributed by atoms with van der Waals surface area (Å²) in [4.78, 5) is 10.9. The molecule has 1 aromatic carbocycles. The lowest BCUT2D eigenvalue weighted by molar-refractivity contribution is 0.0696. The zero-order valence-electron chi connectivity index (χ0n) is 9.77. The molecule has 0 aliphatic rings. The average Bonchev–Trinajstić information content (AvgIpc) is 2.35. The first-order valence-corrected chi connectivity index (χ1v) is 6.00. The monoisotopic (exact) mass is 313 g/mol. The summed E-state index contributed by atoms with van der Waals surface area (Å²) in [6.45, 7) is 0.370. The quantitative estimate of drug-likeness (QED) is 0.817. The number of nitrogens with zero attached hydrogens (tertiary/aromatic N) is 1. The second kappa shape index (κ2) is 6.87. The molecular weight excluding hydrogens is 302 g/mol. The SMILES string of the molecule is COc1cc(C(=O)O)cc(Br)c1OCCCC#N. The number of hydrogen-bond acceptors (Lipinski definition) is 4. The molecule has 0 saturated carbocycles. The van der Waals surface area contributed by atoms with Crippen LogP contribution in [0.15, 0.2) is 16.6 Å². The first-order chi connectivity index (χ1) is 8.60. The maximum absolute atomic E-state index is 10.9. The normalized spacial score (nSPS) is 9.61. The van der Waals surface area contributed by atoms with Crippen LogP contribution >= 0.6 is 15.9 Å². The van der Waals surface area contributed by atoms with Crippen LogP contribution in [0.1, 0.15) is 23.2 Å². The van der Waals surface area contributed by atoms with Crippen molar-refractivity contribution in [2.75, 3.05) is 13.7 Å². The van der Waals surface area contributed by atoms with Crippen LogP contribution in [-0.2, 0) is 0 Å². The van der Waals surface area contributed by atoms with Crippen molar-refractivity contribution in [2.24, 2.45) is 0 Å². The molecule has 0 aliphatic carbocycles. The van der Waals surface area contributed by atoms with Crippen molar-refractivity contribution in [3.63, 3.8) is 0 Å². The van der Waals surface area contributed by atoms with Gasteiger partial charge in [-0.1, -0.05) is 0 Å². The van der Waals surface area contributed by atoms with E-state index in [4.69, 9.17) is 19.8 Å². The number of nitriles is 1. The van der Waals surface area contributed by atoms with E-state index in [2.05, 4.69) is 15.9 Å². The highest BCUT2D eigenvalue weighted by Gasteiger charge is 2.14. The van der Waals surface area contributed by atoms with E-state index in [0.29, 0.717) is 35.4 Å². The van der Waals surface area contributed by atoms with Gasteiger partial charge in [0.2, 0.25) is 0 Å². The van der Waals surface area contributed by atoms with Gasteiger partial charge in [0.15, 0.2) is 11.5 Å². The molecule has 0 aromatic heterocycles. The number of halogens is 1. The summed E-state index contributed by atoms with van der Waals surface area (Å²) < 4.78 is 11.1. The zero-order chi connectivity index (χ0) is 13.5. The number of ether oxygens (including phenoxy) is 2. The Morgan fingerprint density at radius 1 is 1.56 bits per heavy atom. The average molecular weight is 314 g/mol. The van der Waals surface area contributed by atoms with Crippen LogP contribution in [-0.4, -0.2) is 24.8 Å². The van der Waals surface area contributed by atoms with E-state index < -0.39 is 5.97 Å². The van der Waals surface area contributed by atoms with Crippen LogP contribution < -0.4 is 9.47 Å². The molecule has 0 spiro atoms. The fourth-order valence-electron chi connectivity index (χ4n) is 1.31. The van der Waals surface area contributed by atoms with Crippen molar-refractivity contribution in [1.29, 1.82) is 5.26 Å². The van der Waals surface area contributed by atoms with Crippen LogP contribution in [0.2, 0.25) is 0 Å². The van der Waals surface area contributed by atoms with Gasteiger partial charge in [0.1, 0.15) is 0 Å². The molecule has 18 heavy (non-hydrogen) atoms. The molecule has 96 valence electrons. The van der Waals surface area contributed by atoms with Crippen LogP contribution in [0.4, 0.5) is 0 Å². The summed E-state index contributed by atoms with van der Waals surface area (Å²) in [5.74, 6) is -0.246. The molecule has 1 rings (SSSR count). The van der Waals surface area contributed by atoms with Gasteiger partial charge >= 0.3 is 5.97 Å². The Morgan fingerprint density at radius 3 is 2.83 bits per heavy atom. The lowest BCUT2D eigenvalue weighted by atomic mass is 10.2. The second-order valence-corrected chi connectivity index (χ2v) is 4.26. The Bertz CT molecular complexity index is 482. The van der Waals surface area contributed by atoms with Crippen LogP contribution in [0.25, 0.3) is 0 Å². The number of rotatable bonds is 6. The van der Waals surface area contributed by atoms with Crippen molar-refractivity contribution in [1.82, 2.24) is 0 Å². The van der Waals surface area contributed by atoms with Crippen LogP contribution in [0, 0.1) is 11.3 Å². The van der Waals surface area contributed by atoms with Gasteiger partial charge in [-0.3, -0.25) is 0 Å². The van der Waals surface area contributed by atoms with Gasteiger partial charge in [-0.05, 0) is 34.5 Å². The summed E-state index contributed by atoms with van der Waals surface area (Å²) in [7, 11) is 1.44. The fraction of sp³-hybridized carbons (Fsp3) is 0.333. The van der Waals surface area contributed by atoms with Crippen molar-refractivity contribution in [3.8, 4) is 17.6 Å². The third-order valence-electron chi connectivity index (χ3n) is 2.16. The molecule has 0 saturated heterocycles. The van der Waals surface area contributed by atoms with E-state index in [1.54, 1.807) is 0 Å². The molecule has 0 fully saturated rings. The van der Waals surface area contributed by atoms with Crippen LogP contribution in [0.5, 0.6) is 11.5 Å². The highest BCUT2D eigenvalue weighted by atomic mass is 79.9. The summed E-state index contributed by atoms with van der Waals surface area (Å²) >= 11 is 3.24. The predicted octanol–water partition coefficient (Wildman–Crippen LogP) is 2.84. The van der Waals surface area contributed by atoms with Gasteiger partial charge < -0.3 is 14.6 Å². The maximum Gasteiger partial charge on any atom is 0.335 e. The van der Waals surface area contributed by atoms with E-state index in [9.17, 15) is 4.79 Å². The number of carboxylic acids is 1. The molecule has 0 atom stereocenters. The minimum absolute atomic E-state index is 0.114. The van der Waals surface area contributed by atoms with Crippen molar-refractivity contribution >= 4 is 21.9 Å². The highest BCUT2D eigenvalue weighted by molar-refractivity contribution is 9.10. The molecular formula is C12H12BrNO4. The fourth-order valence-corrected chi connectivity index (χ4v) is 1.87. The molecule has 5 nitrogen and oxygen atoms in total. The number of unbranched alkanes of at least 4 members (excludes halogenated alkanes) is 1. The topological polar surface area (TPSA) is 79.6 Å². The van der Waals surface area contributed by atoms with Gasteiger partial charge in [0.05, 0.1) is 29.8 Å². The minimum atomic E-state index is -1.04. The van der Waals surface area contributed by atoms with Gasteiger partial charge in [-0.25, -0.2) is 4.79 Å². The first-order valence-electron chi connectivity index (χ1n) is 5.20. The molecule has 0 aliphatic heterocycles. The molecule has 0 amide bonds. The highest BCUT2D eigenvalue weighted by Crippen LogP contribution is 2.36. The second-order valence-electron chi connectivity index (χ2n) is 3.40. The summed E-state index contributed by atoms with van der Waals surface area (Å²) in [5, 5.41) is 17.3. The smallest absolute Gasteiger partial charge is 0.335 e. The third kappa shape index (κ3) is 3.64. The summed E-state index contributed by atoms with van der Waals surface area (Å²) in [5.41, 5.74) is 0.114. The van der Waals surface area contributed by atoms with Crippen molar-refractivity contribution in [3.05, 3.63) is 22.2 Å². The molecule has 1 N–H and O–H groups in total. The van der Waals surface area contributed by atoms with Gasteiger partial charge in [-0.15, -0.1) is 0 Å². The van der Waals surface area contributed by atoms with Gasteiger partial charge in [0.25, 0.3) is 0 Å². The van der Waals surface area contributed by atoms with E-state index in [-0.39, 0.29) is 5.56 Å². The summed E-state index contributed by atoms with van der Waals surface area (Å²) in [6.07, 6.45) is 1.01. The molecule has 0 heterocycles. The number of aromatic carboxylic acids is 1. The molecule has 1 aromatic rings. The van der Waals surface area contributed by atoms with E-state index >= 15 is 0 Å². The molecule has 0 bridgehead atoms. The van der Waals surface area contributed by atoms with E-state index in [1.807, 2.05) is 6.07 Å². The maximum atomic E-state index is 10.9. The largest absolute Gasteiger partial charge is 0.493 e. The molecule has 6 heteroatoms. The number of benzene rings is 1. The Morgan fingerprint density at radius 2 is 2.28 bits per heavy atom. The Kier molecular flexibility index (Phi) is 5.46. The number of methoxy groups -OCH3 is 1. The zero-order valence-corrected chi connectivity index (χ0v) is 11.4. The Hall–Kier alpha value is -1.74. The lowest BCUT2D eigenvalue weighted by Crippen LogP contribution is -2.03. The Labute approximate surface area is 113 Å². The van der Waals surface area contributed by atoms with Crippen molar-refractivity contribution < 1.29 is 19.4 Å². The standard InChI is InChI=1S/C12H12BrNO4/c1-17-10-7-8(12(15)16)6-9(13)11(10)18-5-3-2-4-14/h6-7H,2-3,5H2,1H3,(H,15,16). The van der Waals surface area contributed by atoms with E-state index in [1.165, 1.54) is 19.2 Å². The van der Waals surface area contributed by atoms with Gasteiger partial charge in [-0.2, -0.15) is 5.26 Å². The predicted molar refractivity (Wildman–Crippen MR) is 68.0 cm³/mol. The molecule has 0 radical (unpaired) electrons. The summed E-state index contributed by atoms with van der Waals surface area (Å²) in [6, 6.07) is 4.86. The first kappa shape index (κ1) is 14.3. The minimum Gasteiger partial charge on any atom is -0.493 e. The van der Waals surface area contributed by atoms with Gasteiger partial charge in [0, 0.05) is 6.42 Å². The Balaban J connectivity index is 2.90. The lowest BCUT2D eigenvalue weighted by Gasteiger charge is -2.12. The number of hydrogen-bond donors (Lipinski definition) is 1. The third-order valence-corrected chi connectivity index (χ3v) is 2.74. The molecule has 0 unspecified atom stereocenters. The van der Waals surface area contributed by atoms with E-state index in [0.717, 1.165) is 0 Å². The number of carboxylic acid groups (broad SMARTS) is 1.